The number of halogens is 1. The molecule has 0 radical (unpaired) electrons. The third-order valence-electron chi connectivity index (χ3n) is 4.39. The van der Waals surface area contributed by atoms with E-state index in [0.29, 0.717) is 5.92 Å². The summed E-state index contributed by atoms with van der Waals surface area (Å²) in [5.74, 6) is 2.31. The van der Waals surface area contributed by atoms with Gasteiger partial charge in [-0.25, -0.2) is 0 Å². The summed E-state index contributed by atoms with van der Waals surface area (Å²) in [5, 5.41) is 6.75. The topological polar surface area (TPSA) is 54.9 Å². The molecule has 0 amide bonds. The zero-order chi connectivity index (χ0) is 16.0. The van der Waals surface area contributed by atoms with Crippen LogP contribution in [0, 0.1) is 11.8 Å². The molecule has 6 heteroatoms. The third kappa shape index (κ3) is 11.2. The molecule has 0 atom stereocenters. The molecule has 0 unspecified atom stereocenters. The van der Waals surface area contributed by atoms with Crippen molar-refractivity contribution in [3.8, 4) is 0 Å². The van der Waals surface area contributed by atoms with Crippen molar-refractivity contribution in [1.82, 2.24) is 10.6 Å². The molecule has 138 valence electrons. The van der Waals surface area contributed by atoms with Gasteiger partial charge in [0.2, 0.25) is 0 Å². The van der Waals surface area contributed by atoms with E-state index in [9.17, 15) is 0 Å². The molecule has 0 aromatic carbocycles. The lowest BCUT2D eigenvalue weighted by atomic mass is 10.0. The number of nitrogens with zero attached hydrogens (tertiary/aromatic N) is 1. The van der Waals surface area contributed by atoms with Gasteiger partial charge in [0, 0.05) is 46.6 Å². The number of hydrogen-bond donors (Lipinski definition) is 2. The standard InChI is InChI=1S/C17H35N3O2.HI/c1-4-15(5-2)13-20-17(18-3)19-9-6-10-22-14-16-7-11-21-12-8-16;/h15-16H,4-14H2,1-3H3,(H2,18,19,20);1H. The molecule has 23 heavy (non-hydrogen) atoms. The van der Waals surface area contributed by atoms with Crippen molar-refractivity contribution >= 4 is 29.9 Å². The predicted molar refractivity (Wildman–Crippen MR) is 108 cm³/mol. The summed E-state index contributed by atoms with van der Waals surface area (Å²) >= 11 is 0. The molecule has 0 aromatic rings. The van der Waals surface area contributed by atoms with Crippen LogP contribution in [-0.4, -0.2) is 52.5 Å². The van der Waals surface area contributed by atoms with Crippen LogP contribution in [0.2, 0.25) is 0 Å². The number of ether oxygens (including phenoxy) is 2. The van der Waals surface area contributed by atoms with Crippen LogP contribution in [0.25, 0.3) is 0 Å². The van der Waals surface area contributed by atoms with Gasteiger partial charge in [0.1, 0.15) is 0 Å². The number of hydrogen-bond acceptors (Lipinski definition) is 3. The summed E-state index contributed by atoms with van der Waals surface area (Å²) in [5.41, 5.74) is 0. The molecule has 1 heterocycles. The Kier molecular flexibility index (Phi) is 15.4. The lowest BCUT2D eigenvalue weighted by Gasteiger charge is -2.21. The van der Waals surface area contributed by atoms with E-state index in [0.717, 1.165) is 70.7 Å². The summed E-state index contributed by atoms with van der Waals surface area (Å²) in [6.07, 6.45) is 5.71. The Bertz CT molecular complexity index is 294. The number of rotatable bonds is 10. The zero-order valence-electron chi connectivity index (χ0n) is 15.1. The highest BCUT2D eigenvalue weighted by Crippen LogP contribution is 2.14. The minimum atomic E-state index is 0. The quantitative estimate of drug-likeness (QED) is 0.237. The van der Waals surface area contributed by atoms with Gasteiger partial charge in [-0.3, -0.25) is 4.99 Å². The van der Waals surface area contributed by atoms with Crippen molar-refractivity contribution in [2.45, 2.75) is 46.0 Å². The molecule has 1 saturated heterocycles. The molecular formula is C17H36IN3O2. The molecule has 2 N–H and O–H groups in total. The fourth-order valence-electron chi connectivity index (χ4n) is 2.58. The molecule has 1 aliphatic rings. The average molecular weight is 441 g/mol. The first kappa shape index (κ1) is 22.9. The maximum atomic E-state index is 5.77. The third-order valence-corrected chi connectivity index (χ3v) is 4.39. The van der Waals surface area contributed by atoms with Gasteiger partial charge < -0.3 is 20.1 Å². The fraction of sp³-hybridized carbons (Fsp3) is 0.941. The van der Waals surface area contributed by atoms with Gasteiger partial charge >= 0.3 is 0 Å². The van der Waals surface area contributed by atoms with Gasteiger partial charge in [-0.2, -0.15) is 0 Å². The summed E-state index contributed by atoms with van der Waals surface area (Å²) < 4.78 is 11.1. The molecule has 1 fully saturated rings. The average Bonchev–Trinajstić information content (AvgIpc) is 2.57. The second-order valence-corrected chi connectivity index (χ2v) is 6.05. The van der Waals surface area contributed by atoms with Gasteiger partial charge in [-0.05, 0) is 31.1 Å². The SMILES string of the molecule is CCC(CC)CNC(=NC)NCCCOCC1CCOCC1.I. The first-order chi connectivity index (χ1) is 10.8. The van der Waals surface area contributed by atoms with Gasteiger partial charge in [0.15, 0.2) is 5.96 Å². The van der Waals surface area contributed by atoms with Crippen molar-refractivity contribution in [1.29, 1.82) is 0 Å². The van der Waals surface area contributed by atoms with Crippen molar-refractivity contribution in [3.05, 3.63) is 0 Å². The van der Waals surface area contributed by atoms with Gasteiger partial charge in [0.25, 0.3) is 0 Å². The maximum absolute atomic E-state index is 5.77. The van der Waals surface area contributed by atoms with Crippen molar-refractivity contribution in [2.75, 3.05) is 46.6 Å². The van der Waals surface area contributed by atoms with E-state index < -0.39 is 0 Å². The number of nitrogens with one attached hydrogen (secondary N) is 2. The van der Waals surface area contributed by atoms with Crippen LogP contribution in [-0.2, 0) is 9.47 Å². The van der Waals surface area contributed by atoms with E-state index in [1.807, 2.05) is 7.05 Å². The molecular weight excluding hydrogens is 405 g/mol. The Morgan fingerprint density at radius 3 is 2.52 bits per heavy atom. The Labute approximate surface area is 159 Å². The van der Waals surface area contributed by atoms with Crippen molar-refractivity contribution in [2.24, 2.45) is 16.8 Å². The Balaban J connectivity index is 0.00000484. The molecule has 0 saturated carbocycles. The van der Waals surface area contributed by atoms with Crippen LogP contribution >= 0.6 is 24.0 Å². The van der Waals surface area contributed by atoms with Crippen LogP contribution in [0.5, 0.6) is 0 Å². The molecule has 0 bridgehead atoms. The minimum Gasteiger partial charge on any atom is -0.381 e. The Morgan fingerprint density at radius 2 is 1.91 bits per heavy atom. The highest BCUT2D eigenvalue weighted by molar-refractivity contribution is 14.0. The second kappa shape index (κ2) is 15.4. The predicted octanol–water partition coefficient (Wildman–Crippen LogP) is 3.04. The molecule has 0 aromatic heterocycles. The minimum absolute atomic E-state index is 0. The molecule has 0 spiro atoms. The Hall–Kier alpha value is -0.0800. The van der Waals surface area contributed by atoms with Gasteiger partial charge in [-0.1, -0.05) is 26.7 Å². The number of guanidine groups is 1. The van der Waals surface area contributed by atoms with Crippen LogP contribution in [0.15, 0.2) is 4.99 Å². The highest BCUT2D eigenvalue weighted by atomic mass is 127. The summed E-state index contributed by atoms with van der Waals surface area (Å²) in [6, 6.07) is 0. The Morgan fingerprint density at radius 1 is 1.22 bits per heavy atom. The zero-order valence-corrected chi connectivity index (χ0v) is 17.4. The molecule has 5 nitrogen and oxygen atoms in total. The lowest BCUT2D eigenvalue weighted by Crippen LogP contribution is -2.40. The van der Waals surface area contributed by atoms with E-state index >= 15 is 0 Å². The fourth-order valence-corrected chi connectivity index (χ4v) is 2.58. The maximum Gasteiger partial charge on any atom is 0.190 e. The first-order valence-corrected chi connectivity index (χ1v) is 8.90. The number of aliphatic imine (C=N–C) groups is 1. The van der Waals surface area contributed by atoms with Crippen LogP contribution in [0.3, 0.4) is 0 Å². The van der Waals surface area contributed by atoms with E-state index in [1.54, 1.807) is 0 Å². The van der Waals surface area contributed by atoms with E-state index in [2.05, 4.69) is 29.5 Å². The first-order valence-electron chi connectivity index (χ1n) is 8.90. The molecule has 1 aliphatic heterocycles. The largest absolute Gasteiger partial charge is 0.381 e. The van der Waals surface area contributed by atoms with Crippen molar-refractivity contribution < 1.29 is 9.47 Å². The van der Waals surface area contributed by atoms with E-state index in [1.165, 1.54) is 12.8 Å². The normalized spacial score (nSPS) is 16.3. The van der Waals surface area contributed by atoms with Crippen LogP contribution in [0.1, 0.15) is 46.0 Å². The van der Waals surface area contributed by atoms with Gasteiger partial charge in [-0.15, -0.1) is 24.0 Å². The molecule has 0 aliphatic carbocycles. The monoisotopic (exact) mass is 441 g/mol. The van der Waals surface area contributed by atoms with Gasteiger partial charge in [0.05, 0.1) is 0 Å². The van der Waals surface area contributed by atoms with Crippen LogP contribution < -0.4 is 10.6 Å². The van der Waals surface area contributed by atoms with Crippen molar-refractivity contribution in [3.63, 3.8) is 0 Å². The smallest absolute Gasteiger partial charge is 0.190 e. The second-order valence-electron chi connectivity index (χ2n) is 6.05. The van der Waals surface area contributed by atoms with E-state index in [-0.39, 0.29) is 24.0 Å². The highest BCUT2D eigenvalue weighted by Gasteiger charge is 2.13. The molecule has 1 rings (SSSR count). The van der Waals surface area contributed by atoms with Crippen LogP contribution in [0.4, 0.5) is 0 Å². The summed E-state index contributed by atoms with van der Waals surface area (Å²) in [4.78, 5) is 4.26. The van der Waals surface area contributed by atoms with E-state index in [4.69, 9.17) is 9.47 Å². The lowest BCUT2D eigenvalue weighted by molar-refractivity contribution is 0.0203. The summed E-state index contributed by atoms with van der Waals surface area (Å²) in [6.45, 7) is 9.86. The summed E-state index contributed by atoms with van der Waals surface area (Å²) in [7, 11) is 1.82.